The number of benzene rings is 1. The average molecular weight is 384 g/mol. The Bertz CT molecular complexity index is 712. The Morgan fingerprint density at radius 1 is 1.12 bits per heavy atom. The van der Waals surface area contributed by atoms with E-state index in [1.54, 1.807) is 18.2 Å². The van der Waals surface area contributed by atoms with Gasteiger partial charge in [0.05, 0.1) is 26.2 Å². The number of hydrogen-bond donors (Lipinski definition) is 1. The average Bonchev–Trinajstić information content (AvgIpc) is 2.86. The molecule has 8 heteroatoms. The summed E-state index contributed by atoms with van der Waals surface area (Å²) in [4.78, 5) is 12.5. The molecule has 146 valence electrons. The van der Waals surface area contributed by atoms with Crippen LogP contribution < -0.4 is 19.1 Å². The summed E-state index contributed by atoms with van der Waals surface area (Å²) in [5, 5.41) is 2.98. The standard InChI is InChI=1S/C18H28N2O5S/c1-24-16-11-10-15(12-17(16)25-2)20(26(3,22)23)13-18(21)19-14-8-6-4-5-7-9-14/h10-12,14H,4-9,13H2,1-3H3,(H,19,21). The van der Waals surface area contributed by atoms with E-state index < -0.39 is 10.0 Å². The van der Waals surface area contributed by atoms with Gasteiger partial charge in [0.25, 0.3) is 0 Å². The van der Waals surface area contributed by atoms with E-state index in [1.807, 2.05) is 0 Å². The van der Waals surface area contributed by atoms with Crippen molar-refractivity contribution < 1.29 is 22.7 Å². The highest BCUT2D eigenvalue weighted by Gasteiger charge is 2.24. The molecule has 1 saturated carbocycles. The van der Waals surface area contributed by atoms with Crippen LogP contribution in [0.3, 0.4) is 0 Å². The molecular weight excluding hydrogens is 356 g/mol. The Morgan fingerprint density at radius 2 is 1.73 bits per heavy atom. The van der Waals surface area contributed by atoms with Crippen molar-refractivity contribution >= 4 is 21.6 Å². The molecule has 0 atom stereocenters. The zero-order chi connectivity index (χ0) is 19.2. The Balaban J connectivity index is 2.16. The Labute approximate surface area is 155 Å². The van der Waals surface area contributed by atoms with E-state index in [4.69, 9.17) is 9.47 Å². The number of nitrogens with one attached hydrogen (secondary N) is 1. The number of sulfonamides is 1. The molecule has 0 heterocycles. The predicted molar refractivity (Wildman–Crippen MR) is 101 cm³/mol. The largest absolute Gasteiger partial charge is 0.493 e. The van der Waals surface area contributed by atoms with Crippen LogP contribution in [0.25, 0.3) is 0 Å². The zero-order valence-corrected chi connectivity index (χ0v) is 16.5. The molecule has 1 aliphatic rings. The fraction of sp³-hybridized carbons (Fsp3) is 0.611. The Kier molecular flexibility index (Phi) is 7.14. The number of carbonyl (C=O) groups is 1. The van der Waals surface area contributed by atoms with Crippen LogP contribution in [-0.2, 0) is 14.8 Å². The van der Waals surface area contributed by atoms with Gasteiger partial charge in [0.1, 0.15) is 6.54 Å². The van der Waals surface area contributed by atoms with Crippen molar-refractivity contribution in [1.29, 1.82) is 0 Å². The van der Waals surface area contributed by atoms with Crippen molar-refractivity contribution in [1.82, 2.24) is 5.32 Å². The highest BCUT2D eigenvalue weighted by atomic mass is 32.2. The SMILES string of the molecule is COc1ccc(N(CC(=O)NC2CCCCCC2)S(C)(=O)=O)cc1OC. The molecule has 0 spiro atoms. The maximum atomic E-state index is 12.5. The molecule has 1 aromatic carbocycles. The van der Waals surface area contributed by atoms with Crippen molar-refractivity contribution in [2.24, 2.45) is 0 Å². The smallest absolute Gasteiger partial charge is 0.240 e. The fourth-order valence-corrected chi connectivity index (χ4v) is 4.06. The number of nitrogens with zero attached hydrogens (tertiary/aromatic N) is 1. The minimum atomic E-state index is -3.63. The van der Waals surface area contributed by atoms with Gasteiger partial charge in [-0.3, -0.25) is 9.10 Å². The summed E-state index contributed by atoms with van der Waals surface area (Å²) < 4.78 is 36.0. The number of amides is 1. The minimum absolute atomic E-state index is 0.122. The summed E-state index contributed by atoms with van der Waals surface area (Å²) in [6, 6.07) is 4.90. The van der Waals surface area contributed by atoms with Crippen LogP contribution in [0.5, 0.6) is 11.5 Å². The van der Waals surface area contributed by atoms with Gasteiger partial charge in [0.2, 0.25) is 15.9 Å². The lowest BCUT2D eigenvalue weighted by atomic mass is 10.1. The topological polar surface area (TPSA) is 84.9 Å². The summed E-state index contributed by atoms with van der Waals surface area (Å²) in [6.45, 7) is -0.259. The molecule has 2 rings (SSSR count). The lowest BCUT2D eigenvalue weighted by Gasteiger charge is -2.24. The second-order valence-corrected chi connectivity index (χ2v) is 8.47. The zero-order valence-electron chi connectivity index (χ0n) is 15.7. The maximum absolute atomic E-state index is 12.5. The van der Waals surface area contributed by atoms with Gasteiger partial charge in [-0.05, 0) is 25.0 Å². The van der Waals surface area contributed by atoms with E-state index in [-0.39, 0.29) is 18.5 Å². The second kappa shape index (κ2) is 9.12. The van der Waals surface area contributed by atoms with Crippen molar-refractivity contribution in [2.45, 2.75) is 44.6 Å². The van der Waals surface area contributed by atoms with Crippen LogP contribution in [0, 0.1) is 0 Å². The van der Waals surface area contributed by atoms with Crippen LogP contribution in [-0.4, -0.2) is 47.4 Å². The summed E-state index contributed by atoms with van der Waals surface area (Å²) >= 11 is 0. The highest BCUT2D eigenvalue weighted by molar-refractivity contribution is 7.92. The van der Waals surface area contributed by atoms with E-state index in [0.717, 1.165) is 36.2 Å². The van der Waals surface area contributed by atoms with Crippen molar-refractivity contribution in [3.63, 3.8) is 0 Å². The number of hydrogen-bond acceptors (Lipinski definition) is 5. The maximum Gasteiger partial charge on any atom is 0.240 e. The van der Waals surface area contributed by atoms with Crippen molar-refractivity contribution in [3.8, 4) is 11.5 Å². The highest BCUT2D eigenvalue weighted by Crippen LogP contribution is 2.32. The van der Waals surface area contributed by atoms with Crippen LogP contribution in [0.4, 0.5) is 5.69 Å². The van der Waals surface area contributed by atoms with Gasteiger partial charge in [-0.1, -0.05) is 25.7 Å². The molecule has 0 aliphatic heterocycles. The number of ether oxygens (including phenoxy) is 2. The van der Waals surface area contributed by atoms with E-state index >= 15 is 0 Å². The molecule has 0 bridgehead atoms. The third-order valence-electron chi connectivity index (χ3n) is 4.56. The molecule has 0 saturated heterocycles. The van der Waals surface area contributed by atoms with Gasteiger partial charge in [-0.2, -0.15) is 0 Å². The molecule has 26 heavy (non-hydrogen) atoms. The van der Waals surface area contributed by atoms with Crippen molar-refractivity contribution in [2.75, 3.05) is 31.3 Å². The molecule has 0 aromatic heterocycles. The summed E-state index contributed by atoms with van der Waals surface area (Å²) in [5.74, 6) is 0.604. The molecule has 0 unspecified atom stereocenters. The number of methoxy groups -OCH3 is 2. The van der Waals surface area contributed by atoms with Gasteiger partial charge in [0.15, 0.2) is 11.5 Å². The molecule has 0 radical (unpaired) electrons. The Morgan fingerprint density at radius 3 is 2.27 bits per heavy atom. The van der Waals surface area contributed by atoms with Crippen LogP contribution in [0.2, 0.25) is 0 Å². The first-order valence-corrected chi connectivity index (χ1v) is 10.7. The van der Waals surface area contributed by atoms with Gasteiger partial charge >= 0.3 is 0 Å². The molecular formula is C18H28N2O5S. The summed E-state index contributed by atoms with van der Waals surface area (Å²) in [7, 11) is -0.646. The molecule has 1 amide bonds. The van der Waals surface area contributed by atoms with Crippen molar-refractivity contribution in [3.05, 3.63) is 18.2 Å². The van der Waals surface area contributed by atoms with Crippen LogP contribution in [0.1, 0.15) is 38.5 Å². The van der Waals surface area contributed by atoms with E-state index in [9.17, 15) is 13.2 Å². The Hall–Kier alpha value is -1.96. The predicted octanol–water partition coefficient (Wildman–Crippen LogP) is 2.31. The fourth-order valence-electron chi connectivity index (χ4n) is 3.21. The summed E-state index contributed by atoms with van der Waals surface area (Å²) in [5.41, 5.74) is 0.362. The monoisotopic (exact) mass is 384 g/mol. The molecule has 1 fully saturated rings. The van der Waals surface area contributed by atoms with Gasteiger partial charge in [-0.15, -0.1) is 0 Å². The summed E-state index contributed by atoms with van der Waals surface area (Å²) in [6.07, 6.45) is 7.54. The first-order chi connectivity index (χ1) is 12.3. The molecule has 1 N–H and O–H groups in total. The number of anilines is 1. The van der Waals surface area contributed by atoms with Gasteiger partial charge in [0, 0.05) is 12.1 Å². The van der Waals surface area contributed by atoms with Crippen LogP contribution in [0.15, 0.2) is 18.2 Å². The quantitative estimate of drug-likeness (QED) is 0.729. The number of carbonyl (C=O) groups excluding carboxylic acids is 1. The molecule has 1 aliphatic carbocycles. The molecule has 7 nitrogen and oxygen atoms in total. The first kappa shape index (κ1) is 20.4. The second-order valence-electron chi connectivity index (χ2n) is 6.56. The van der Waals surface area contributed by atoms with Gasteiger partial charge < -0.3 is 14.8 Å². The third-order valence-corrected chi connectivity index (χ3v) is 5.70. The van der Waals surface area contributed by atoms with Gasteiger partial charge in [-0.25, -0.2) is 8.42 Å². The third kappa shape index (κ3) is 5.52. The lowest BCUT2D eigenvalue weighted by Crippen LogP contribution is -2.44. The lowest BCUT2D eigenvalue weighted by molar-refractivity contribution is -0.120. The van der Waals surface area contributed by atoms with E-state index in [1.165, 1.54) is 27.1 Å². The number of rotatable bonds is 7. The normalized spacial score (nSPS) is 15.8. The minimum Gasteiger partial charge on any atom is -0.493 e. The van der Waals surface area contributed by atoms with Crippen LogP contribution >= 0.6 is 0 Å². The van der Waals surface area contributed by atoms with E-state index in [0.29, 0.717) is 17.2 Å². The van der Waals surface area contributed by atoms with E-state index in [2.05, 4.69) is 5.32 Å². The first-order valence-electron chi connectivity index (χ1n) is 8.84. The molecule has 1 aromatic rings.